The van der Waals surface area contributed by atoms with E-state index in [1.807, 2.05) is 6.92 Å². The van der Waals surface area contributed by atoms with Crippen LogP contribution >= 0.6 is 0 Å². The van der Waals surface area contributed by atoms with Gasteiger partial charge in [-0.1, -0.05) is 24.6 Å². The van der Waals surface area contributed by atoms with Crippen molar-refractivity contribution in [2.24, 2.45) is 0 Å². The molecule has 0 saturated carbocycles. The first-order valence-electron chi connectivity index (χ1n) is 14.3. The third-order valence-electron chi connectivity index (χ3n) is 7.32. The number of nitrogens with one attached hydrogen (secondary N) is 1. The van der Waals surface area contributed by atoms with E-state index in [0.717, 1.165) is 23.8 Å². The molecule has 0 bridgehead atoms. The van der Waals surface area contributed by atoms with Crippen molar-refractivity contribution in [2.75, 3.05) is 11.5 Å². The fourth-order valence-corrected chi connectivity index (χ4v) is 5.47. The van der Waals surface area contributed by atoms with Gasteiger partial charge in [-0.2, -0.15) is 47.9 Å². The maximum absolute atomic E-state index is 13.4. The van der Waals surface area contributed by atoms with E-state index in [2.05, 4.69) is 5.32 Å². The van der Waals surface area contributed by atoms with Gasteiger partial charge in [0.15, 0.2) is 0 Å². The van der Waals surface area contributed by atoms with Gasteiger partial charge >= 0.3 is 24.6 Å². The van der Waals surface area contributed by atoms with Gasteiger partial charge in [0.2, 0.25) is 0 Å². The lowest BCUT2D eigenvalue weighted by molar-refractivity contribution is -0.143. The van der Waals surface area contributed by atoms with Gasteiger partial charge < -0.3 is 10.1 Å². The predicted molar refractivity (Wildman–Crippen MR) is 157 cm³/mol. The zero-order valence-corrected chi connectivity index (χ0v) is 26.4. The minimum Gasteiger partial charge on any atom is -0.449 e. The summed E-state index contributed by atoms with van der Waals surface area (Å²) in [5.41, 5.74) is -3.27. The van der Waals surface area contributed by atoms with Crippen LogP contribution in [0.1, 0.15) is 66.1 Å². The number of anilines is 1. The number of hydrogen-bond acceptors (Lipinski definition) is 5. The highest BCUT2D eigenvalue weighted by Crippen LogP contribution is 2.42. The van der Waals surface area contributed by atoms with Crippen LogP contribution in [0.3, 0.4) is 0 Å². The zero-order chi connectivity index (χ0) is 36.2. The molecule has 264 valence electrons. The lowest BCUT2D eigenvalue weighted by Crippen LogP contribution is -2.47. The molecule has 0 fully saturated rings. The molecule has 0 saturated heterocycles. The lowest BCUT2D eigenvalue weighted by Gasteiger charge is -2.40. The second-order valence-corrected chi connectivity index (χ2v) is 12.2. The minimum absolute atomic E-state index is 0.000644. The van der Waals surface area contributed by atoms with Crippen molar-refractivity contribution in [3.63, 3.8) is 0 Å². The number of carbonyl (C=O) groups is 1. The largest absolute Gasteiger partial charge is 0.449 e. The molecule has 3 aromatic carbocycles. The number of fused-ring (bicyclic) bond motifs is 1. The van der Waals surface area contributed by atoms with E-state index < -0.39 is 70.1 Å². The zero-order valence-electron chi connectivity index (χ0n) is 25.6. The van der Waals surface area contributed by atoms with Crippen molar-refractivity contribution < 1.29 is 62.0 Å². The van der Waals surface area contributed by atoms with Crippen LogP contribution in [0.15, 0.2) is 65.6 Å². The number of aryl methyl sites for hydroxylation is 1. The van der Waals surface area contributed by atoms with Crippen LogP contribution in [0.4, 0.5) is 50.0 Å². The predicted octanol–water partition coefficient (Wildman–Crippen LogP) is 8.96. The van der Waals surface area contributed by atoms with Gasteiger partial charge in [-0.25, -0.2) is 4.79 Å². The third kappa shape index (κ3) is 9.85. The van der Waals surface area contributed by atoms with Crippen molar-refractivity contribution >= 4 is 21.9 Å². The normalized spacial score (nSPS) is 16.9. The SMILES string of the molecule is CCOC(=O)N1c2ccc(C(F)(F)F)cc2C(NCc2cc(C(F)(F)F)cc(C(F)(F)F)c2)CC1CC.Cc1ccc(S(=O)(=O)O)cc1. The number of hydrogen-bond donors (Lipinski definition) is 2. The molecule has 0 radical (unpaired) electrons. The second kappa shape index (κ2) is 14.7. The maximum atomic E-state index is 13.4. The monoisotopic (exact) mass is 714 g/mol. The van der Waals surface area contributed by atoms with Crippen molar-refractivity contribution in [1.82, 2.24) is 5.32 Å². The highest BCUT2D eigenvalue weighted by atomic mass is 32.2. The number of rotatable bonds is 6. The third-order valence-corrected chi connectivity index (χ3v) is 8.19. The molecule has 48 heavy (non-hydrogen) atoms. The molecule has 0 spiro atoms. The smallest absolute Gasteiger partial charge is 0.416 e. The molecule has 3 aromatic rings. The summed E-state index contributed by atoms with van der Waals surface area (Å²) in [5.74, 6) is 0. The summed E-state index contributed by atoms with van der Waals surface area (Å²) in [6.07, 6.45) is -15.2. The summed E-state index contributed by atoms with van der Waals surface area (Å²) in [6, 6.07) is 8.37. The first-order valence-corrected chi connectivity index (χ1v) is 15.7. The van der Waals surface area contributed by atoms with Crippen molar-refractivity contribution in [3.8, 4) is 0 Å². The Bertz CT molecular complexity index is 1660. The minimum atomic E-state index is -5.04. The van der Waals surface area contributed by atoms with E-state index >= 15 is 0 Å². The molecule has 2 N–H and O–H groups in total. The molecule has 7 nitrogen and oxygen atoms in total. The summed E-state index contributed by atoms with van der Waals surface area (Å²) in [4.78, 5) is 13.8. The molecule has 1 heterocycles. The summed E-state index contributed by atoms with van der Waals surface area (Å²) in [6.45, 7) is 4.65. The molecule has 1 aliphatic rings. The van der Waals surface area contributed by atoms with E-state index in [4.69, 9.17) is 9.29 Å². The number of carbonyl (C=O) groups excluding carboxylic acids is 1. The second-order valence-electron chi connectivity index (χ2n) is 10.8. The molecule has 0 aliphatic carbocycles. The van der Waals surface area contributed by atoms with E-state index in [1.54, 1.807) is 26.0 Å². The van der Waals surface area contributed by atoms with Gasteiger partial charge in [0.25, 0.3) is 10.1 Å². The van der Waals surface area contributed by atoms with Gasteiger partial charge in [-0.15, -0.1) is 0 Å². The van der Waals surface area contributed by atoms with Crippen molar-refractivity contribution in [3.05, 3.63) is 94.0 Å². The number of ether oxygens (including phenoxy) is 1. The summed E-state index contributed by atoms with van der Waals surface area (Å²) < 4.78 is 154. The van der Waals surface area contributed by atoms with Crippen molar-refractivity contribution in [1.29, 1.82) is 0 Å². The Balaban J connectivity index is 0.000000480. The molecule has 2 atom stereocenters. The van der Waals surface area contributed by atoms with Crippen LogP contribution < -0.4 is 10.2 Å². The van der Waals surface area contributed by atoms with Gasteiger partial charge in [0, 0.05) is 18.6 Å². The quantitative estimate of drug-likeness (QED) is 0.196. The van der Waals surface area contributed by atoms with E-state index in [9.17, 15) is 52.7 Å². The molecule has 1 aliphatic heterocycles. The van der Waals surface area contributed by atoms with Crippen LogP contribution in [0.2, 0.25) is 0 Å². The highest BCUT2D eigenvalue weighted by molar-refractivity contribution is 7.85. The van der Waals surface area contributed by atoms with Crippen LogP contribution in [0.5, 0.6) is 0 Å². The molecule has 2 unspecified atom stereocenters. The summed E-state index contributed by atoms with van der Waals surface area (Å²) >= 11 is 0. The Morgan fingerprint density at radius 1 is 0.854 bits per heavy atom. The molecule has 4 rings (SSSR count). The van der Waals surface area contributed by atoms with Crippen LogP contribution in [-0.2, 0) is 39.9 Å². The summed E-state index contributed by atoms with van der Waals surface area (Å²) in [7, 11) is -4.02. The molecular formula is C31H31F9N2O5S. The number of nitrogens with zero attached hydrogens (tertiary/aromatic N) is 1. The number of benzene rings is 3. The standard InChI is InChI=1S/C24H23F9N2O2.C7H8O3S/c1-3-17-11-19(34-12-13-7-15(23(28,29)30)9-16(8-13)24(31,32)33)18-10-14(22(25,26)27)5-6-20(18)35(17)21(36)37-4-2;1-6-2-4-7(5-3-6)11(8,9)10/h5-10,17,19,34H,3-4,11-12H2,1-2H3;2-5H,1H3,(H,8,9,10). The van der Waals surface area contributed by atoms with Crippen molar-refractivity contribution in [2.45, 2.75) is 75.7 Å². The van der Waals surface area contributed by atoms with E-state index in [-0.39, 0.29) is 40.8 Å². The van der Waals surface area contributed by atoms with Gasteiger partial charge in [0.1, 0.15) is 0 Å². The average molecular weight is 715 g/mol. The van der Waals surface area contributed by atoms with Gasteiger partial charge in [-0.05, 0) is 86.3 Å². The molecule has 0 aromatic heterocycles. The Morgan fingerprint density at radius 2 is 1.40 bits per heavy atom. The Labute approximate surface area is 270 Å². The Hall–Kier alpha value is -3.83. The fourth-order valence-electron chi connectivity index (χ4n) is 4.99. The molecule has 1 amide bonds. The fraction of sp³-hybridized carbons (Fsp3) is 0.387. The first kappa shape index (κ1) is 38.6. The molecule has 17 heteroatoms. The van der Waals surface area contributed by atoms with E-state index in [1.165, 1.54) is 17.0 Å². The Kier molecular flexibility index (Phi) is 11.9. The number of halogens is 9. The number of amides is 1. The van der Waals surface area contributed by atoms with Crippen LogP contribution in [0.25, 0.3) is 0 Å². The van der Waals surface area contributed by atoms with Gasteiger partial charge in [0.05, 0.1) is 33.9 Å². The first-order chi connectivity index (χ1) is 22.1. The van der Waals surface area contributed by atoms with Gasteiger partial charge in [-0.3, -0.25) is 9.45 Å². The molecular weight excluding hydrogens is 683 g/mol. The summed E-state index contributed by atoms with van der Waals surface area (Å²) in [5, 5.41) is 2.81. The average Bonchev–Trinajstić information content (AvgIpc) is 2.98. The van der Waals surface area contributed by atoms with Crippen LogP contribution in [0, 0.1) is 6.92 Å². The Morgan fingerprint density at radius 3 is 1.85 bits per heavy atom. The highest BCUT2D eigenvalue weighted by Gasteiger charge is 2.40. The maximum Gasteiger partial charge on any atom is 0.416 e. The lowest BCUT2D eigenvalue weighted by atomic mass is 9.88. The van der Waals surface area contributed by atoms with Crippen LogP contribution in [-0.4, -0.2) is 31.7 Å². The van der Waals surface area contributed by atoms with E-state index in [0.29, 0.717) is 18.6 Å². The number of alkyl halides is 9. The topological polar surface area (TPSA) is 95.9 Å².